The number of piperazine rings is 1. The van der Waals surface area contributed by atoms with Crippen molar-refractivity contribution in [3.8, 4) is 0 Å². The Morgan fingerprint density at radius 2 is 1.92 bits per heavy atom. The molecule has 0 radical (unpaired) electrons. The van der Waals surface area contributed by atoms with Crippen LogP contribution >= 0.6 is 0 Å². The number of fused-ring (bicyclic) bond motifs is 1. The topological polar surface area (TPSA) is 68.8 Å². The third-order valence-corrected chi connectivity index (χ3v) is 5.74. The Kier molecular flexibility index (Phi) is 4.80. The summed E-state index contributed by atoms with van der Waals surface area (Å²) in [6.45, 7) is 7.48. The third kappa shape index (κ3) is 3.53. The molecule has 140 valence electrons. The summed E-state index contributed by atoms with van der Waals surface area (Å²) in [7, 11) is 0. The molecular weight excluding hydrogens is 330 g/mol. The SMILES string of the molecule is CC1CC2CN(C(=O)Nc3ccnc(C(=O)N4CCCC4)c3)CCN2C1. The molecule has 4 heterocycles. The van der Waals surface area contributed by atoms with E-state index in [0.717, 1.165) is 58.5 Å². The highest BCUT2D eigenvalue weighted by Gasteiger charge is 2.35. The number of amides is 3. The number of rotatable bonds is 2. The van der Waals surface area contributed by atoms with E-state index in [4.69, 9.17) is 0 Å². The average Bonchev–Trinajstić information content (AvgIpc) is 3.29. The quantitative estimate of drug-likeness (QED) is 0.877. The molecule has 3 amide bonds. The van der Waals surface area contributed by atoms with Gasteiger partial charge in [-0.05, 0) is 37.3 Å². The van der Waals surface area contributed by atoms with Crippen LogP contribution in [0.4, 0.5) is 10.5 Å². The molecule has 7 nitrogen and oxygen atoms in total. The zero-order valence-corrected chi connectivity index (χ0v) is 15.4. The molecule has 1 aromatic rings. The van der Waals surface area contributed by atoms with E-state index in [-0.39, 0.29) is 11.9 Å². The molecule has 2 unspecified atom stereocenters. The number of hydrogen-bond donors (Lipinski definition) is 1. The van der Waals surface area contributed by atoms with Gasteiger partial charge in [0.25, 0.3) is 5.91 Å². The van der Waals surface area contributed by atoms with Crippen LogP contribution in [0.1, 0.15) is 36.7 Å². The normalized spacial score (nSPS) is 26.0. The Bertz CT molecular complexity index is 688. The summed E-state index contributed by atoms with van der Waals surface area (Å²) in [5, 5.41) is 2.95. The molecule has 4 rings (SSSR count). The highest BCUT2D eigenvalue weighted by molar-refractivity contribution is 5.95. The van der Waals surface area contributed by atoms with Gasteiger partial charge in [-0.1, -0.05) is 6.92 Å². The molecule has 3 aliphatic rings. The van der Waals surface area contributed by atoms with Crippen LogP contribution in [0.15, 0.2) is 18.3 Å². The smallest absolute Gasteiger partial charge is 0.321 e. The summed E-state index contributed by atoms with van der Waals surface area (Å²) in [5.41, 5.74) is 1.04. The average molecular weight is 357 g/mol. The number of urea groups is 1. The predicted octanol–water partition coefficient (Wildman–Crippen LogP) is 1.88. The Balaban J connectivity index is 1.38. The number of pyridine rings is 1. The van der Waals surface area contributed by atoms with E-state index >= 15 is 0 Å². The van der Waals surface area contributed by atoms with Crippen molar-refractivity contribution in [1.29, 1.82) is 0 Å². The zero-order chi connectivity index (χ0) is 18.1. The maximum Gasteiger partial charge on any atom is 0.321 e. The fourth-order valence-corrected chi connectivity index (χ4v) is 4.39. The molecule has 1 aromatic heterocycles. The summed E-state index contributed by atoms with van der Waals surface area (Å²) in [5.74, 6) is 0.662. The van der Waals surface area contributed by atoms with E-state index in [1.807, 2.05) is 9.80 Å². The van der Waals surface area contributed by atoms with Crippen LogP contribution in [0.25, 0.3) is 0 Å². The van der Waals surface area contributed by atoms with Crippen LogP contribution in [0.5, 0.6) is 0 Å². The molecule has 0 aliphatic carbocycles. The van der Waals surface area contributed by atoms with Crippen molar-refractivity contribution in [3.05, 3.63) is 24.0 Å². The minimum absolute atomic E-state index is 0.0489. The van der Waals surface area contributed by atoms with E-state index in [1.165, 1.54) is 0 Å². The van der Waals surface area contributed by atoms with Crippen molar-refractivity contribution < 1.29 is 9.59 Å². The van der Waals surface area contributed by atoms with Gasteiger partial charge >= 0.3 is 6.03 Å². The van der Waals surface area contributed by atoms with Crippen LogP contribution < -0.4 is 5.32 Å². The molecule has 3 aliphatic heterocycles. The first-order valence-corrected chi connectivity index (χ1v) is 9.65. The lowest BCUT2D eigenvalue weighted by molar-refractivity contribution is 0.0787. The Labute approximate surface area is 154 Å². The van der Waals surface area contributed by atoms with Crippen molar-refractivity contribution in [1.82, 2.24) is 19.7 Å². The number of hydrogen-bond acceptors (Lipinski definition) is 4. The summed E-state index contributed by atoms with van der Waals surface area (Å²) >= 11 is 0. The number of aromatic nitrogens is 1. The van der Waals surface area contributed by atoms with Gasteiger partial charge in [0.05, 0.1) is 0 Å². The number of nitrogens with zero attached hydrogens (tertiary/aromatic N) is 4. The lowest BCUT2D eigenvalue weighted by atomic mass is 10.1. The minimum Gasteiger partial charge on any atom is -0.337 e. The highest BCUT2D eigenvalue weighted by atomic mass is 16.2. The lowest BCUT2D eigenvalue weighted by Crippen LogP contribution is -2.53. The fourth-order valence-electron chi connectivity index (χ4n) is 4.39. The molecule has 1 N–H and O–H groups in total. The largest absolute Gasteiger partial charge is 0.337 e. The summed E-state index contributed by atoms with van der Waals surface area (Å²) < 4.78 is 0. The van der Waals surface area contributed by atoms with Gasteiger partial charge in [0.1, 0.15) is 5.69 Å². The molecule has 2 atom stereocenters. The zero-order valence-electron chi connectivity index (χ0n) is 15.4. The van der Waals surface area contributed by atoms with Crippen molar-refractivity contribution >= 4 is 17.6 Å². The van der Waals surface area contributed by atoms with Gasteiger partial charge < -0.3 is 15.1 Å². The molecule has 0 bridgehead atoms. The standard InChI is InChI=1S/C19H27N5O2/c1-14-10-16-13-24(9-8-23(16)12-14)19(26)21-15-4-5-20-17(11-15)18(25)22-6-2-3-7-22/h4-5,11,14,16H,2-3,6-10,12-13H2,1H3,(H,20,21,26). The molecule has 0 aromatic carbocycles. The van der Waals surface area contributed by atoms with Crippen molar-refractivity contribution in [2.24, 2.45) is 5.92 Å². The second-order valence-corrected chi connectivity index (χ2v) is 7.79. The number of anilines is 1. The van der Waals surface area contributed by atoms with E-state index in [0.29, 0.717) is 23.3 Å². The molecule has 26 heavy (non-hydrogen) atoms. The van der Waals surface area contributed by atoms with E-state index in [2.05, 4.69) is 22.1 Å². The fraction of sp³-hybridized carbons (Fsp3) is 0.632. The maximum absolute atomic E-state index is 12.7. The van der Waals surface area contributed by atoms with Crippen molar-refractivity contribution in [2.75, 3.05) is 44.6 Å². The van der Waals surface area contributed by atoms with Crippen LogP contribution in [0.2, 0.25) is 0 Å². The number of likely N-dealkylation sites (tertiary alicyclic amines) is 1. The second kappa shape index (κ2) is 7.23. The monoisotopic (exact) mass is 357 g/mol. The van der Waals surface area contributed by atoms with E-state index in [9.17, 15) is 9.59 Å². The van der Waals surface area contributed by atoms with Crippen molar-refractivity contribution in [2.45, 2.75) is 32.2 Å². The molecule has 3 fully saturated rings. The minimum atomic E-state index is -0.0880. The first-order chi connectivity index (χ1) is 12.6. The molecular formula is C19H27N5O2. The van der Waals surface area contributed by atoms with Gasteiger partial charge in [0.15, 0.2) is 0 Å². The molecule has 0 saturated carbocycles. The van der Waals surface area contributed by atoms with Gasteiger partial charge in [-0.2, -0.15) is 0 Å². The van der Waals surface area contributed by atoms with Crippen LogP contribution in [0, 0.1) is 5.92 Å². The molecule has 0 spiro atoms. The highest BCUT2D eigenvalue weighted by Crippen LogP contribution is 2.26. The van der Waals surface area contributed by atoms with E-state index in [1.54, 1.807) is 18.3 Å². The number of carbonyl (C=O) groups is 2. The Morgan fingerprint density at radius 1 is 1.12 bits per heavy atom. The van der Waals surface area contributed by atoms with Gasteiger partial charge in [-0.25, -0.2) is 4.79 Å². The first kappa shape index (κ1) is 17.3. The maximum atomic E-state index is 12.7. The van der Waals surface area contributed by atoms with Gasteiger partial charge in [0, 0.05) is 57.2 Å². The van der Waals surface area contributed by atoms with Gasteiger partial charge in [-0.3, -0.25) is 14.7 Å². The summed E-state index contributed by atoms with van der Waals surface area (Å²) in [4.78, 5) is 35.5. The van der Waals surface area contributed by atoms with Crippen molar-refractivity contribution in [3.63, 3.8) is 0 Å². The number of carbonyl (C=O) groups excluding carboxylic acids is 2. The van der Waals surface area contributed by atoms with Crippen LogP contribution in [0.3, 0.4) is 0 Å². The van der Waals surface area contributed by atoms with Crippen LogP contribution in [-0.4, -0.2) is 76.9 Å². The Morgan fingerprint density at radius 3 is 2.73 bits per heavy atom. The third-order valence-electron chi connectivity index (χ3n) is 5.74. The van der Waals surface area contributed by atoms with E-state index < -0.39 is 0 Å². The molecule has 7 heteroatoms. The summed E-state index contributed by atoms with van der Waals surface area (Å²) in [6.07, 6.45) is 4.85. The van der Waals surface area contributed by atoms with Gasteiger partial charge in [-0.15, -0.1) is 0 Å². The molecule has 3 saturated heterocycles. The van der Waals surface area contributed by atoms with Crippen LogP contribution in [-0.2, 0) is 0 Å². The van der Waals surface area contributed by atoms with Gasteiger partial charge in [0.2, 0.25) is 0 Å². The lowest BCUT2D eigenvalue weighted by Gasteiger charge is -2.37. The predicted molar refractivity (Wildman–Crippen MR) is 99.1 cm³/mol. The first-order valence-electron chi connectivity index (χ1n) is 9.65. The summed E-state index contributed by atoms with van der Waals surface area (Å²) in [6, 6.07) is 3.82. The number of nitrogens with one attached hydrogen (secondary N) is 1. The second-order valence-electron chi connectivity index (χ2n) is 7.79. The Hall–Kier alpha value is -2.15.